The fourth-order valence-corrected chi connectivity index (χ4v) is 1.63. The first-order valence-electron chi connectivity index (χ1n) is 5.62. The van der Waals surface area contributed by atoms with Crippen molar-refractivity contribution >= 4 is 5.97 Å². The standard InChI is InChI=1S/C11H9F3N4O2/c12-7-4-3-6(9(13)10(7)14)11-15-16-17-18(11)5-1-2-8(19)20/h3-4H,1-2,5H2,(H,19,20). The fourth-order valence-electron chi connectivity index (χ4n) is 1.63. The molecule has 0 bridgehead atoms. The molecule has 1 N–H and O–H groups in total. The Hall–Kier alpha value is -2.45. The van der Waals surface area contributed by atoms with Gasteiger partial charge in [0.1, 0.15) is 0 Å². The molecule has 0 aliphatic heterocycles. The summed E-state index contributed by atoms with van der Waals surface area (Å²) in [5.74, 6) is -5.39. The zero-order valence-electron chi connectivity index (χ0n) is 10.1. The lowest BCUT2D eigenvalue weighted by molar-refractivity contribution is -0.137. The Bertz CT molecular complexity index is 645. The van der Waals surface area contributed by atoms with E-state index in [9.17, 15) is 18.0 Å². The minimum atomic E-state index is -1.61. The van der Waals surface area contributed by atoms with Crippen LogP contribution in [0.2, 0.25) is 0 Å². The maximum Gasteiger partial charge on any atom is 0.303 e. The number of hydrogen-bond donors (Lipinski definition) is 1. The lowest BCUT2D eigenvalue weighted by Crippen LogP contribution is -2.07. The second kappa shape index (κ2) is 5.68. The van der Waals surface area contributed by atoms with Gasteiger partial charge in [0.2, 0.25) is 0 Å². The molecule has 0 unspecified atom stereocenters. The number of benzene rings is 1. The molecule has 0 aliphatic carbocycles. The third-order valence-electron chi connectivity index (χ3n) is 2.57. The van der Waals surface area contributed by atoms with Gasteiger partial charge in [0, 0.05) is 13.0 Å². The van der Waals surface area contributed by atoms with Crippen molar-refractivity contribution in [3.63, 3.8) is 0 Å². The molecular formula is C11H9F3N4O2. The van der Waals surface area contributed by atoms with Crippen molar-refractivity contribution in [1.29, 1.82) is 0 Å². The Balaban J connectivity index is 2.28. The van der Waals surface area contributed by atoms with Crippen LogP contribution in [0.15, 0.2) is 12.1 Å². The van der Waals surface area contributed by atoms with Crippen molar-refractivity contribution in [2.75, 3.05) is 0 Å². The molecule has 0 fully saturated rings. The zero-order chi connectivity index (χ0) is 14.7. The van der Waals surface area contributed by atoms with Crippen molar-refractivity contribution in [3.05, 3.63) is 29.6 Å². The van der Waals surface area contributed by atoms with Gasteiger partial charge in [-0.05, 0) is 29.0 Å². The molecule has 1 aromatic heterocycles. The summed E-state index contributed by atoms with van der Waals surface area (Å²) in [5, 5.41) is 19.0. The van der Waals surface area contributed by atoms with Crippen LogP contribution in [0.5, 0.6) is 0 Å². The van der Waals surface area contributed by atoms with Gasteiger partial charge in [0.25, 0.3) is 0 Å². The fraction of sp³-hybridized carbons (Fsp3) is 0.273. The van der Waals surface area contributed by atoms with Crippen LogP contribution in [0.4, 0.5) is 13.2 Å². The van der Waals surface area contributed by atoms with Crippen LogP contribution in [0, 0.1) is 17.5 Å². The molecule has 1 aromatic carbocycles. The number of hydrogen-bond acceptors (Lipinski definition) is 4. The van der Waals surface area contributed by atoms with Gasteiger partial charge in [-0.25, -0.2) is 17.9 Å². The lowest BCUT2D eigenvalue weighted by atomic mass is 10.2. The van der Waals surface area contributed by atoms with Crippen LogP contribution < -0.4 is 0 Å². The minimum absolute atomic E-state index is 0.0909. The van der Waals surface area contributed by atoms with Gasteiger partial charge in [-0.2, -0.15) is 0 Å². The number of rotatable bonds is 5. The predicted molar refractivity (Wildman–Crippen MR) is 60.0 cm³/mol. The maximum absolute atomic E-state index is 13.6. The van der Waals surface area contributed by atoms with Gasteiger partial charge in [-0.3, -0.25) is 4.79 Å². The van der Waals surface area contributed by atoms with Crippen LogP contribution >= 0.6 is 0 Å². The molecule has 106 valence electrons. The van der Waals surface area contributed by atoms with E-state index in [2.05, 4.69) is 15.5 Å². The summed E-state index contributed by atoms with van der Waals surface area (Å²) in [7, 11) is 0. The van der Waals surface area contributed by atoms with Crippen LogP contribution in [-0.4, -0.2) is 31.3 Å². The highest BCUT2D eigenvalue weighted by molar-refractivity contribution is 5.66. The summed E-state index contributed by atoms with van der Waals surface area (Å²) in [5.41, 5.74) is -0.288. The van der Waals surface area contributed by atoms with E-state index in [-0.39, 0.29) is 30.8 Å². The number of carboxylic acid groups (broad SMARTS) is 1. The monoisotopic (exact) mass is 286 g/mol. The summed E-state index contributed by atoms with van der Waals surface area (Å²) < 4.78 is 40.8. The Morgan fingerprint density at radius 2 is 2.00 bits per heavy atom. The third kappa shape index (κ3) is 2.76. The highest BCUT2D eigenvalue weighted by Crippen LogP contribution is 2.23. The van der Waals surface area contributed by atoms with E-state index in [1.54, 1.807) is 0 Å². The topological polar surface area (TPSA) is 80.9 Å². The Morgan fingerprint density at radius 3 is 2.70 bits per heavy atom. The molecule has 0 spiro atoms. The number of aryl methyl sites for hydroxylation is 1. The number of aromatic nitrogens is 4. The van der Waals surface area contributed by atoms with E-state index in [0.29, 0.717) is 0 Å². The van der Waals surface area contributed by atoms with Crippen LogP contribution in [0.25, 0.3) is 11.4 Å². The van der Waals surface area contributed by atoms with Crippen molar-refractivity contribution in [2.45, 2.75) is 19.4 Å². The first-order chi connectivity index (χ1) is 9.50. The quantitative estimate of drug-likeness (QED) is 0.845. The lowest BCUT2D eigenvalue weighted by Gasteiger charge is -2.05. The van der Waals surface area contributed by atoms with Crippen LogP contribution in [-0.2, 0) is 11.3 Å². The van der Waals surface area contributed by atoms with Crippen molar-refractivity contribution in [3.8, 4) is 11.4 Å². The van der Waals surface area contributed by atoms with Crippen molar-refractivity contribution < 1.29 is 23.1 Å². The average Bonchev–Trinajstić information content (AvgIpc) is 2.84. The van der Waals surface area contributed by atoms with Crippen molar-refractivity contribution in [1.82, 2.24) is 20.2 Å². The number of aliphatic carboxylic acids is 1. The van der Waals surface area contributed by atoms with Crippen LogP contribution in [0.1, 0.15) is 12.8 Å². The number of carboxylic acids is 1. The molecule has 0 amide bonds. The van der Waals surface area contributed by atoms with Gasteiger partial charge in [0.05, 0.1) is 5.56 Å². The maximum atomic E-state index is 13.6. The van der Waals surface area contributed by atoms with Gasteiger partial charge in [-0.1, -0.05) is 0 Å². The van der Waals surface area contributed by atoms with E-state index in [4.69, 9.17) is 5.11 Å². The highest BCUT2D eigenvalue weighted by Gasteiger charge is 2.19. The van der Waals surface area contributed by atoms with E-state index in [1.165, 1.54) is 0 Å². The molecule has 6 nitrogen and oxygen atoms in total. The molecule has 2 aromatic rings. The van der Waals surface area contributed by atoms with E-state index >= 15 is 0 Å². The molecule has 9 heteroatoms. The smallest absolute Gasteiger partial charge is 0.303 e. The summed E-state index contributed by atoms with van der Waals surface area (Å²) in [4.78, 5) is 10.4. The predicted octanol–water partition coefficient (Wildman–Crippen LogP) is 1.62. The largest absolute Gasteiger partial charge is 0.481 e. The average molecular weight is 286 g/mol. The summed E-state index contributed by atoms with van der Waals surface area (Å²) in [6.45, 7) is 0.118. The second-order valence-corrected chi connectivity index (χ2v) is 3.95. The molecule has 0 saturated heterocycles. The Morgan fingerprint density at radius 1 is 1.25 bits per heavy atom. The Labute approximate surface area is 110 Å². The molecule has 1 heterocycles. The molecule has 2 rings (SSSR count). The molecule has 0 saturated carbocycles. The SMILES string of the molecule is O=C(O)CCCn1nnnc1-c1ccc(F)c(F)c1F. The van der Waals surface area contributed by atoms with Crippen LogP contribution in [0.3, 0.4) is 0 Å². The summed E-state index contributed by atoms with van der Waals surface area (Å²) in [6.07, 6.45) is 0.109. The summed E-state index contributed by atoms with van der Waals surface area (Å²) in [6, 6.07) is 1.79. The molecule has 0 aliphatic rings. The second-order valence-electron chi connectivity index (χ2n) is 3.95. The highest BCUT2D eigenvalue weighted by atomic mass is 19.2. The minimum Gasteiger partial charge on any atom is -0.481 e. The van der Waals surface area contributed by atoms with E-state index in [1.807, 2.05) is 0 Å². The first-order valence-corrected chi connectivity index (χ1v) is 5.62. The molecule has 0 atom stereocenters. The molecule has 20 heavy (non-hydrogen) atoms. The number of nitrogens with zero attached hydrogens (tertiary/aromatic N) is 4. The van der Waals surface area contributed by atoms with Gasteiger partial charge < -0.3 is 5.11 Å². The normalized spacial score (nSPS) is 10.8. The number of carbonyl (C=O) groups is 1. The number of halogens is 3. The summed E-state index contributed by atoms with van der Waals surface area (Å²) >= 11 is 0. The number of tetrazole rings is 1. The van der Waals surface area contributed by atoms with E-state index in [0.717, 1.165) is 16.8 Å². The first kappa shape index (κ1) is 14.0. The third-order valence-corrected chi connectivity index (χ3v) is 2.57. The molecule has 0 radical (unpaired) electrons. The molecular weight excluding hydrogens is 277 g/mol. The van der Waals surface area contributed by atoms with Gasteiger partial charge >= 0.3 is 5.97 Å². The van der Waals surface area contributed by atoms with Crippen molar-refractivity contribution in [2.24, 2.45) is 0 Å². The zero-order valence-corrected chi connectivity index (χ0v) is 10.1. The Kier molecular flexibility index (Phi) is 3.97. The van der Waals surface area contributed by atoms with Gasteiger partial charge in [-0.15, -0.1) is 5.10 Å². The van der Waals surface area contributed by atoms with Gasteiger partial charge in [0.15, 0.2) is 23.3 Å². The van der Waals surface area contributed by atoms with E-state index < -0.39 is 23.4 Å².